The number of benzene rings is 1. The molecule has 0 aliphatic rings. The first-order chi connectivity index (χ1) is 10.7. The van der Waals surface area contributed by atoms with E-state index in [-0.39, 0.29) is 23.1 Å². The Morgan fingerprint density at radius 3 is 2.57 bits per heavy atom. The summed E-state index contributed by atoms with van der Waals surface area (Å²) in [6, 6.07) is 7.19. The van der Waals surface area contributed by atoms with Gasteiger partial charge in [0.15, 0.2) is 0 Å². The Labute approximate surface area is 139 Å². The third-order valence-corrected chi connectivity index (χ3v) is 5.82. The molecule has 0 spiro atoms. The molecule has 0 saturated heterocycles. The number of hydrogen-bond donors (Lipinski definition) is 1. The molecule has 1 N–H and O–H groups in total. The summed E-state index contributed by atoms with van der Waals surface area (Å²) in [7, 11) is -3.70. The van der Waals surface area contributed by atoms with Crippen LogP contribution in [0, 0.1) is 0 Å². The molecule has 2 aromatic rings. The molecule has 4 nitrogen and oxygen atoms in total. The smallest absolute Gasteiger partial charge is 0.416 e. The molecule has 0 aliphatic heterocycles. The predicted molar refractivity (Wildman–Crippen MR) is 81.5 cm³/mol. The van der Waals surface area contributed by atoms with E-state index in [1.54, 1.807) is 0 Å². The van der Waals surface area contributed by atoms with Gasteiger partial charge in [0.1, 0.15) is 16.6 Å². The van der Waals surface area contributed by atoms with Gasteiger partial charge in [0, 0.05) is 6.54 Å². The van der Waals surface area contributed by atoms with Gasteiger partial charge in [-0.1, -0.05) is 17.7 Å². The van der Waals surface area contributed by atoms with Gasteiger partial charge in [-0.25, -0.2) is 13.1 Å². The van der Waals surface area contributed by atoms with E-state index in [4.69, 9.17) is 16.3 Å². The zero-order valence-electron chi connectivity index (χ0n) is 11.4. The summed E-state index contributed by atoms with van der Waals surface area (Å²) in [5.74, 6) is 0.0122. The molecule has 1 aromatic heterocycles. The summed E-state index contributed by atoms with van der Waals surface area (Å²) in [6.07, 6.45) is -4.46. The third-order valence-electron chi connectivity index (χ3n) is 2.64. The van der Waals surface area contributed by atoms with E-state index in [1.807, 2.05) is 0 Å². The minimum absolute atomic E-state index is 0.0122. The van der Waals surface area contributed by atoms with Crippen molar-refractivity contribution in [3.63, 3.8) is 0 Å². The van der Waals surface area contributed by atoms with Crippen molar-refractivity contribution in [3.05, 3.63) is 46.3 Å². The van der Waals surface area contributed by atoms with E-state index in [2.05, 4.69) is 4.72 Å². The number of thiophene rings is 1. The molecule has 23 heavy (non-hydrogen) atoms. The molecule has 1 aromatic carbocycles. The minimum Gasteiger partial charge on any atom is -0.492 e. The van der Waals surface area contributed by atoms with Gasteiger partial charge < -0.3 is 4.74 Å². The van der Waals surface area contributed by atoms with Gasteiger partial charge in [0.2, 0.25) is 10.0 Å². The van der Waals surface area contributed by atoms with Gasteiger partial charge in [-0.15, -0.1) is 11.3 Å². The Kier molecular flexibility index (Phi) is 5.56. The van der Waals surface area contributed by atoms with Crippen molar-refractivity contribution in [1.82, 2.24) is 4.72 Å². The molecule has 0 atom stereocenters. The molecule has 0 bridgehead atoms. The van der Waals surface area contributed by atoms with Crippen LogP contribution in [0.1, 0.15) is 5.56 Å². The number of alkyl halides is 3. The molecule has 2 rings (SSSR count). The van der Waals surface area contributed by atoms with Gasteiger partial charge in [0.05, 0.1) is 9.90 Å². The van der Waals surface area contributed by atoms with Gasteiger partial charge in [0.25, 0.3) is 0 Å². The van der Waals surface area contributed by atoms with E-state index in [9.17, 15) is 21.6 Å². The third kappa shape index (κ3) is 5.10. The van der Waals surface area contributed by atoms with E-state index in [0.717, 1.165) is 23.5 Å². The Morgan fingerprint density at radius 1 is 1.22 bits per heavy atom. The summed E-state index contributed by atoms with van der Waals surface area (Å²) >= 11 is 6.57. The largest absolute Gasteiger partial charge is 0.492 e. The van der Waals surface area contributed by atoms with Crippen LogP contribution in [0.5, 0.6) is 5.75 Å². The zero-order chi connectivity index (χ0) is 17.1. The highest BCUT2D eigenvalue weighted by atomic mass is 35.5. The summed E-state index contributed by atoms with van der Waals surface area (Å²) < 4.78 is 69.2. The number of ether oxygens (including phenoxy) is 1. The van der Waals surface area contributed by atoms with Crippen LogP contribution in [0.2, 0.25) is 4.34 Å². The van der Waals surface area contributed by atoms with Gasteiger partial charge in [-0.2, -0.15) is 13.2 Å². The number of hydrogen-bond acceptors (Lipinski definition) is 4. The van der Waals surface area contributed by atoms with Crippen molar-refractivity contribution >= 4 is 33.0 Å². The van der Waals surface area contributed by atoms with Gasteiger partial charge in [-0.05, 0) is 30.3 Å². The fraction of sp³-hybridized carbons (Fsp3) is 0.231. The second-order valence-electron chi connectivity index (χ2n) is 4.33. The lowest BCUT2D eigenvalue weighted by Gasteiger charge is -2.10. The fourth-order valence-corrected chi connectivity index (χ4v) is 4.16. The first kappa shape index (κ1) is 18.1. The van der Waals surface area contributed by atoms with Crippen LogP contribution in [0.25, 0.3) is 0 Å². The monoisotopic (exact) mass is 385 g/mol. The van der Waals surface area contributed by atoms with E-state index in [0.29, 0.717) is 4.34 Å². The molecule has 0 saturated carbocycles. The number of halogens is 4. The quantitative estimate of drug-likeness (QED) is 0.770. The molecule has 126 valence electrons. The predicted octanol–water partition coefficient (Wildman–Crippen LogP) is 3.78. The maximum Gasteiger partial charge on any atom is 0.416 e. The molecule has 0 radical (unpaired) electrons. The van der Waals surface area contributed by atoms with Crippen LogP contribution in [0.4, 0.5) is 13.2 Å². The number of rotatable bonds is 6. The van der Waals surface area contributed by atoms with Crippen molar-refractivity contribution < 1.29 is 26.3 Å². The van der Waals surface area contributed by atoms with E-state index < -0.39 is 21.8 Å². The van der Waals surface area contributed by atoms with Crippen LogP contribution in [0.3, 0.4) is 0 Å². The first-order valence-corrected chi connectivity index (χ1v) is 8.91. The summed E-state index contributed by atoms with van der Waals surface area (Å²) in [6.45, 7) is -0.201. The average Bonchev–Trinajstić information content (AvgIpc) is 2.91. The van der Waals surface area contributed by atoms with E-state index >= 15 is 0 Å². The van der Waals surface area contributed by atoms with Gasteiger partial charge in [-0.3, -0.25) is 0 Å². The second-order valence-corrected chi connectivity index (χ2v) is 8.04. The van der Waals surface area contributed by atoms with Crippen molar-refractivity contribution in [2.24, 2.45) is 0 Å². The molecule has 10 heteroatoms. The maximum atomic E-state index is 12.5. The maximum absolute atomic E-state index is 12.5. The van der Waals surface area contributed by atoms with Crippen molar-refractivity contribution in [1.29, 1.82) is 0 Å². The number of nitrogens with one attached hydrogen (secondary N) is 1. The van der Waals surface area contributed by atoms with Crippen molar-refractivity contribution in [2.75, 3.05) is 13.2 Å². The highest BCUT2D eigenvalue weighted by Crippen LogP contribution is 2.31. The molecule has 0 fully saturated rings. The summed E-state index contributed by atoms with van der Waals surface area (Å²) in [5.41, 5.74) is -0.830. The Balaban J connectivity index is 1.88. The molecule has 0 aliphatic carbocycles. The average molecular weight is 386 g/mol. The number of sulfonamides is 1. The van der Waals surface area contributed by atoms with Crippen LogP contribution in [-0.4, -0.2) is 21.6 Å². The van der Waals surface area contributed by atoms with Crippen molar-refractivity contribution in [2.45, 2.75) is 10.4 Å². The van der Waals surface area contributed by atoms with Crippen LogP contribution >= 0.6 is 22.9 Å². The molecular weight excluding hydrogens is 375 g/mol. The van der Waals surface area contributed by atoms with Gasteiger partial charge >= 0.3 is 6.18 Å². The highest BCUT2D eigenvalue weighted by molar-refractivity contribution is 7.91. The highest BCUT2D eigenvalue weighted by Gasteiger charge is 2.30. The Hall–Kier alpha value is -1.29. The second kappa shape index (κ2) is 7.08. The lowest BCUT2D eigenvalue weighted by molar-refractivity contribution is -0.137. The Bertz CT molecular complexity index is 775. The molecule has 1 heterocycles. The first-order valence-electron chi connectivity index (χ1n) is 6.23. The van der Waals surface area contributed by atoms with Crippen LogP contribution < -0.4 is 9.46 Å². The molecule has 0 unspecified atom stereocenters. The Morgan fingerprint density at radius 2 is 1.96 bits per heavy atom. The lowest BCUT2D eigenvalue weighted by atomic mass is 10.2. The topological polar surface area (TPSA) is 55.4 Å². The minimum atomic E-state index is -4.46. The summed E-state index contributed by atoms with van der Waals surface area (Å²) in [5, 5.41) is 0. The fourth-order valence-electron chi connectivity index (χ4n) is 1.62. The van der Waals surface area contributed by atoms with Crippen LogP contribution in [-0.2, 0) is 16.2 Å². The zero-order valence-corrected chi connectivity index (χ0v) is 13.8. The normalized spacial score (nSPS) is 12.3. The molecular formula is C13H11ClF3NO3S2. The van der Waals surface area contributed by atoms with E-state index in [1.165, 1.54) is 24.3 Å². The molecule has 0 amide bonds. The van der Waals surface area contributed by atoms with Crippen LogP contribution in [0.15, 0.2) is 40.6 Å². The van der Waals surface area contributed by atoms with Crippen molar-refractivity contribution in [3.8, 4) is 5.75 Å². The summed E-state index contributed by atoms with van der Waals surface area (Å²) in [4.78, 5) is 0. The SMILES string of the molecule is O=S(=O)(NCCOc1cccc(C(F)(F)F)c1)c1ccc(Cl)s1. The lowest BCUT2D eigenvalue weighted by Crippen LogP contribution is -2.27. The standard InChI is InChI=1S/C13H11ClF3NO3S2/c14-11-4-5-12(22-11)23(19,20)18-6-7-21-10-3-1-2-9(8-10)13(15,16)17/h1-5,8,18H,6-7H2.